The smallest absolute Gasteiger partial charge is 0.0302 e. The molecule has 14 heavy (non-hydrogen) atoms. The minimum Gasteiger partial charge on any atom is -0.309 e. The van der Waals surface area contributed by atoms with Gasteiger partial charge in [0.15, 0.2) is 0 Å². The lowest BCUT2D eigenvalue weighted by Crippen LogP contribution is -2.60. The molecule has 0 aromatic rings. The SMILES string of the molecule is CC(C)C1CC(NC2CSC2(C)C)C1. The van der Waals surface area contributed by atoms with Crippen molar-refractivity contribution in [2.24, 2.45) is 11.8 Å². The van der Waals surface area contributed by atoms with Crippen LogP contribution in [0.2, 0.25) is 0 Å². The van der Waals surface area contributed by atoms with Crippen LogP contribution in [0, 0.1) is 11.8 Å². The highest BCUT2D eigenvalue weighted by Gasteiger charge is 2.42. The maximum Gasteiger partial charge on any atom is 0.0302 e. The summed E-state index contributed by atoms with van der Waals surface area (Å²) >= 11 is 2.09. The molecule has 1 heterocycles. The second-order valence-corrected chi connectivity index (χ2v) is 7.48. The standard InChI is InChI=1S/C12H23NS/c1-8(2)9-5-10(6-9)13-11-7-14-12(11,3)4/h8-11,13H,5-7H2,1-4H3. The van der Waals surface area contributed by atoms with Crippen LogP contribution >= 0.6 is 11.8 Å². The van der Waals surface area contributed by atoms with Crippen molar-refractivity contribution in [3.8, 4) is 0 Å². The van der Waals surface area contributed by atoms with Gasteiger partial charge in [-0.3, -0.25) is 0 Å². The van der Waals surface area contributed by atoms with Gasteiger partial charge < -0.3 is 5.32 Å². The number of hydrogen-bond donors (Lipinski definition) is 1. The Balaban J connectivity index is 1.70. The topological polar surface area (TPSA) is 12.0 Å². The van der Waals surface area contributed by atoms with Crippen LogP contribution < -0.4 is 5.32 Å². The third-order valence-electron chi connectivity index (χ3n) is 4.02. The van der Waals surface area contributed by atoms with Crippen molar-refractivity contribution in [2.45, 2.75) is 57.4 Å². The van der Waals surface area contributed by atoms with E-state index in [9.17, 15) is 0 Å². The van der Waals surface area contributed by atoms with Gasteiger partial charge in [0, 0.05) is 22.6 Å². The van der Waals surface area contributed by atoms with Crippen LogP contribution in [-0.4, -0.2) is 22.6 Å². The highest BCUT2D eigenvalue weighted by molar-refractivity contribution is 8.02. The molecule has 1 unspecified atom stereocenters. The molecule has 82 valence electrons. The van der Waals surface area contributed by atoms with Crippen LogP contribution in [0.4, 0.5) is 0 Å². The fraction of sp³-hybridized carbons (Fsp3) is 1.00. The molecule has 0 aromatic carbocycles. The van der Waals surface area contributed by atoms with E-state index in [1.165, 1.54) is 18.6 Å². The first-order valence-electron chi connectivity index (χ1n) is 5.89. The van der Waals surface area contributed by atoms with Gasteiger partial charge in [-0.05, 0) is 38.5 Å². The predicted molar refractivity (Wildman–Crippen MR) is 64.8 cm³/mol. The Morgan fingerprint density at radius 2 is 1.93 bits per heavy atom. The van der Waals surface area contributed by atoms with E-state index in [-0.39, 0.29) is 0 Å². The Morgan fingerprint density at radius 3 is 2.29 bits per heavy atom. The summed E-state index contributed by atoms with van der Waals surface area (Å²) in [7, 11) is 0. The summed E-state index contributed by atoms with van der Waals surface area (Å²) in [4.78, 5) is 0. The molecule has 1 aliphatic heterocycles. The molecule has 1 saturated carbocycles. The Bertz CT molecular complexity index is 206. The van der Waals surface area contributed by atoms with Crippen LogP contribution in [0.3, 0.4) is 0 Å². The minimum absolute atomic E-state index is 0.489. The third kappa shape index (κ3) is 1.96. The van der Waals surface area contributed by atoms with Crippen LogP contribution in [0.5, 0.6) is 0 Å². The van der Waals surface area contributed by atoms with E-state index in [1.54, 1.807) is 0 Å². The van der Waals surface area contributed by atoms with Crippen molar-refractivity contribution in [3.05, 3.63) is 0 Å². The second-order valence-electron chi connectivity index (χ2n) is 5.81. The van der Waals surface area contributed by atoms with Crippen molar-refractivity contribution >= 4 is 11.8 Å². The first kappa shape index (κ1) is 10.8. The van der Waals surface area contributed by atoms with E-state index in [0.717, 1.165) is 23.9 Å². The number of hydrogen-bond acceptors (Lipinski definition) is 2. The van der Waals surface area contributed by atoms with E-state index >= 15 is 0 Å². The first-order chi connectivity index (χ1) is 6.49. The molecular weight excluding hydrogens is 190 g/mol. The summed E-state index contributed by atoms with van der Waals surface area (Å²) in [6.45, 7) is 9.42. The first-order valence-corrected chi connectivity index (χ1v) is 6.87. The molecular formula is C12H23NS. The van der Waals surface area contributed by atoms with Gasteiger partial charge in [0.1, 0.15) is 0 Å². The van der Waals surface area contributed by atoms with Crippen molar-refractivity contribution in [3.63, 3.8) is 0 Å². The Labute approximate surface area is 92.4 Å². The summed E-state index contributed by atoms with van der Waals surface area (Å²) in [6.07, 6.45) is 2.82. The Morgan fingerprint density at radius 1 is 1.29 bits per heavy atom. The monoisotopic (exact) mass is 213 g/mol. The molecule has 2 aliphatic rings. The average Bonchev–Trinajstić information content (AvgIpc) is 1.99. The Kier molecular flexibility index (Phi) is 2.87. The summed E-state index contributed by atoms with van der Waals surface area (Å²) < 4.78 is 0.489. The van der Waals surface area contributed by atoms with Crippen LogP contribution in [0.25, 0.3) is 0 Å². The summed E-state index contributed by atoms with van der Waals surface area (Å²) in [5.41, 5.74) is 0. The largest absolute Gasteiger partial charge is 0.309 e. The van der Waals surface area contributed by atoms with Gasteiger partial charge >= 0.3 is 0 Å². The lowest BCUT2D eigenvalue weighted by Gasteiger charge is -2.49. The molecule has 2 fully saturated rings. The molecule has 1 N–H and O–H groups in total. The van der Waals surface area contributed by atoms with Crippen LogP contribution in [0.15, 0.2) is 0 Å². The zero-order valence-electron chi connectivity index (χ0n) is 9.84. The van der Waals surface area contributed by atoms with Crippen molar-refractivity contribution in [2.75, 3.05) is 5.75 Å². The van der Waals surface area contributed by atoms with E-state index in [0.29, 0.717) is 4.75 Å². The molecule has 1 atom stereocenters. The zero-order valence-corrected chi connectivity index (χ0v) is 10.7. The van der Waals surface area contributed by atoms with Gasteiger partial charge in [-0.1, -0.05) is 13.8 Å². The van der Waals surface area contributed by atoms with E-state index in [4.69, 9.17) is 0 Å². The molecule has 2 heteroatoms. The predicted octanol–water partition coefficient (Wildman–Crippen LogP) is 2.90. The molecule has 0 aromatic heterocycles. The van der Waals surface area contributed by atoms with Gasteiger partial charge in [-0.2, -0.15) is 11.8 Å². The van der Waals surface area contributed by atoms with Crippen molar-refractivity contribution in [1.82, 2.24) is 5.32 Å². The van der Waals surface area contributed by atoms with Crippen LogP contribution in [-0.2, 0) is 0 Å². The quantitative estimate of drug-likeness (QED) is 0.773. The molecule has 0 bridgehead atoms. The van der Waals surface area contributed by atoms with E-state index in [2.05, 4.69) is 44.8 Å². The average molecular weight is 213 g/mol. The summed E-state index contributed by atoms with van der Waals surface area (Å²) in [5.74, 6) is 3.19. The molecule has 1 nitrogen and oxygen atoms in total. The van der Waals surface area contributed by atoms with Gasteiger partial charge in [-0.25, -0.2) is 0 Å². The minimum atomic E-state index is 0.489. The van der Waals surface area contributed by atoms with Crippen LogP contribution in [0.1, 0.15) is 40.5 Å². The molecule has 2 rings (SSSR count). The van der Waals surface area contributed by atoms with E-state index in [1.807, 2.05) is 0 Å². The van der Waals surface area contributed by atoms with Gasteiger partial charge in [0.2, 0.25) is 0 Å². The van der Waals surface area contributed by atoms with E-state index < -0.39 is 0 Å². The summed E-state index contributed by atoms with van der Waals surface area (Å²) in [5, 5.41) is 3.81. The second kappa shape index (κ2) is 3.71. The highest BCUT2D eigenvalue weighted by Crippen LogP contribution is 2.42. The molecule has 0 radical (unpaired) electrons. The molecule has 1 aliphatic carbocycles. The molecule has 0 amide bonds. The third-order valence-corrected chi connectivity index (χ3v) is 5.54. The maximum absolute atomic E-state index is 3.81. The Hall–Kier alpha value is 0.310. The zero-order chi connectivity index (χ0) is 10.3. The van der Waals surface area contributed by atoms with Crippen molar-refractivity contribution in [1.29, 1.82) is 0 Å². The van der Waals surface area contributed by atoms with Gasteiger partial charge in [0.05, 0.1) is 0 Å². The maximum atomic E-state index is 3.81. The fourth-order valence-electron chi connectivity index (χ4n) is 2.38. The normalized spacial score (nSPS) is 40.5. The fourth-order valence-corrected chi connectivity index (χ4v) is 3.54. The van der Waals surface area contributed by atoms with Crippen molar-refractivity contribution < 1.29 is 0 Å². The lowest BCUT2D eigenvalue weighted by molar-refractivity contribution is 0.152. The number of rotatable bonds is 3. The summed E-state index contributed by atoms with van der Waals surface area (Å²) in [6, 6.07) is 1.60. The highest BCUT2D eigenvalue weighted by atomic mass is 32.2. The van der Waals surface area contributed by atoms with Gasteiger partial charge in [0.25, 0.3) is 0 Å². The lowest BCUT2D eigenvalue weighted by atomic mass is 9.73. The molecule has 1 saturated heterocycles. The van der Waals surface area contributed by atoms with Gasteiger partial charge in [-0.15, -0.1) is 0 Å². The molecule has 0 spiro atoms. The number of thioether (sulfide) groups is 1. The number of nitrogens with one attached hydrogen (secondary N) is 1.